The van der Waals surface area contributed by atoms with Crippen LogP contribution in [-0.2, 0) is 9.53 Å². The Morgan fingerprint density at radius 3 is 2.50 bits per heavy atom. The zero-order valence-corrected chi connectivity index (χ0v) is 7.60. The van der Waals surface area contributed by atoms with Crippen LogP contribution in [0.15, 0.2) is 24.3 Å². The smallest absolute Gasteiger partial charge is 0.306 e. The third-order valence-corrected chi connectivity index (χ3v) is 2.40. The third-order valence-electron chi connectivity index (χ3n) is 2.40. The van der Waals surface area contributed by atoms with Crippen molar-refractivity contribution in [3.05, 3.63) is 35.4 Å². The molecule has 72 valence electrons. The van der Waals surface area contributed by atoms with E-state index in [1.165, 1.54) is 0 Å². The number of cyclic esters (lactones) is 1. The van der Waals surface area contributed by atoms with E-state index in [1.54, 1.807) is 12.1 Å². The summed E-state index contributed by atoms with van der Waals surface area (Å²) in [4.78, 5) is 21.3. The molecular weight excluding hydrogens is 180 g/mol. The predicted molar refractivity (Wildman–Crippen MR) is 50.1 cm³/mol. The van der Waals surface area contributed by atoms with E-state index >= 15 is 0 Å². The van der Waals surface area contributed by atoms with Gasteiger partial charge in [0, 0.05) is 11.5 Å². The first kappa shape index (κ1) is 8.94. The van der Waals surface area contributed by atoms with Crippen molar-refractivity contribution in [3.8, 4) is 0 Å². The summed E-state index contributed by atoms with van der Waals surface area (Å²) in [5.41, 5.74) is 1.71. The molecule has 2 rings (SSSR count). The number of aldehydes is 1. The summed E-state index contributed by atoms with van der Waals surface area (Å²) in [6, 6.07) is 7.25. The Labute approximate surface area is 81.7 Å². The van der Waals surface area contributed by atoms with Gasteiger partial charge in [0.25, 0.3) is 0 Å². The zero-order valence-electron chi connectivity index (χ0n) is 7.60. The van der Waals surface area contributed by atoms with E-state index in [9.17, 15) is 9.59 Å². The normalized spacial score (nSPS) is 20.6. The molecule has 0 aliphatic carbocycles. The zero-order chi connectivity index (χ0) is 9.97. The number of carbonyl (C=O) groups is 2. The van der Waals surface area contributed by atoms with Gasteiger partial charge in [-0.15, -0.1) is 0 Å². The van der Waals surface area contributed by atoms with Crippen LogP contribution in [-0.4, -0.2) is 18.9 Å². The molecule has 1 aliphatic heterocycles. The van der Waals surface area contributed by atoms with Crippen LogP contribution in [0.1, 0.15) is 28.3 Å². The number of ether oxygens (including phenoxy) is 1. The molecular formula is C11H10O3. The fourth-order valence-corrected chi connectivity index (χ4v) is 1.57. The van der Waals surface area contributed by atoms with Gasteiger partial charge in [-0.25, -0.2) is 0 Å². The SMILES string of the molecule is O=Cc1ccc([C@H]2COC(=O)C2)cc1. The summed E-state index contributed by atoms with van der Waals surface area (Å²) < 4.78 is 4.87. The van der Waals surface area contributed by atoms with E-state index < -0.39 is 0 Å². The second-order valence-electron chi connectivity index (χ2n) is 3.37. The van der Waals surface area contributed by atoms with Crippen LogP contribution < -0.4 is 0 Å². The molecule has 3 heteroatoms. The lowest BCUT2D eigenvalue weighted by Crippen LogP contribution is -1.97. The molecule has 0 spiro atoms. The fourth-order valence-electron chi connectivity index (χ4n) is 1.57. The average Bonchev–Trinajstić information content (AvgIpc) is 2.65. The highest BCUT2D eigenvalue weighted by molar-refractivity contribution is 5.75. The largest absolute Gasteiger partial charge is 0.465 e. The van der Waals surface area contributed by atoms with Crippen LogP contribution in [0.2, 0.25) is 0 Å². The van der Waals surface area contributed by atoms with Crippen LogP contribution in [0, 0.1) is 0 Å². The molecule has 1 saturated heterocycles. The van der Waals surface area contributed by atoms with Gasteiger partial charge in [-0.3, -0.25) is 9.59 Å². The van der Waals surface area contributed by atoms with Crippen molar-refractivity contribution in [1.29, 1.82) is 0 Å². The minimum absolute atomic E-state index is 0.144. The number of rotatable bonds is 2. The summed E-state index contributed by atoms with van der Waals surface area (Å²) in [7, 11) is 0. The molecule has 1 aromatic carbocycles. The van der Waals surface area contributed by atoms with Gasteiger partial charge in [-0.1, -0.05) is 24.3 Å². The van der Waals surface area contributed by atoms with Crippen molar-refractivity contribution in [3.63, 3.8) is 0 Å². The standard InChI is InChI=1S/C11H10O3/c12-6-8-1-3-9(4-2-8)10-5-11(13)14-7-10/h1-4,6,10H,5,7H2/t10-/m1/s1. The first-order valence-electron chi connectivity index (χ1n) is 4.50. The number of hydrogen-bond donors (Lipinski definition) is 0. The van der Waals surface area contributed by atoms with Gasteiger partial charge in [0.05, 0.1) is 13.0 Å². The van der Waals surface area contributed by atoms with E-state index in [0.29, 0.717) is 18.6 Å². The maximum Gasteiger partial charge on any atom is 0.306 e. The first-order chi connectivity index (χ1) is 6.79. The number of esters is 1. The quantitative estimate of drug-likeness (QED) is 0.524. The molecule has 1 fully saturated rings. The van der Waals surface area contributed by atoms with Gasteiger partial charge < -0.3 is 4.74 Å². The Kier molecular flexibility index (Phi) is 2.31. The summed E-state index contributed by atoms with van der Waals surface area (Å²) in [5.74, 6) is 0.0117. The summed E-state index contributed by atoms with van der Waals surface area (Å²) in [5, 5.41) is 0. The lowest BCUT2D eigenvalue weighted by molar-refractivity contribution is -0.137. The molecule has 0 radical (unpaired) electrons. The molecule has 14 heavy (non-hydrogen) atoms. The van der Waals surface area contributed by atoms with E-state index in [4.69, 9.17) is 4.74 Å². The van der Waals surface area contributed by atoms with E-state index in [2.05, 4.69) is 0 Å². The monoisotopic (exact) mass is 190 g/mol. The van der Waals surface area contributed by atoms with Gasteiger partial charge in [0.15, 0.2) is 0 Å². The molecule has 1 aliphatic rings. The molecule has 0 N–H and O–H groups in total. The van der Waals surface area contributed by atoms with Crippen LogP contribution in [0.3, 0.4) is 0 Å². The lowest BCUT2D eigenvalue weighted by atomic mass is 9.97. The van der Waals surface area contributed by atoms with Crippen LogP contribution in [0.4, 0.5) is 0 Å². The minimum atomic E-state index is -0.144. The van der Waals surface area contributed by atoms with Crippen LogP contribution >= 0.6 is 0 Å². The molecule has 0 bridgehead atoms. The van der Waals surface area contributed by atoms with Crippen molar-refractivity contribution >= 4 is 12.3 Å². The summed E-state index contributed by atoms with van der Waals surface area (Å²) in [6.07, 6.45) is 1.25. The first-order valence-corrected chi connectivity index (χ1v) is 4.50. The van der Waals surface area contributed by atoms with Crippen molar-refractivity contribution in [2.24, 2.45) is 0 Å². The van der Waals surface area contributed by atoms with E-state index in [-0.39, 0.29) is 11.9 Å². The third kappa shape index (κ3) is 1.66. The van der Waals surface area contributed by atoms with Crippen molar-refractivity contribution in [2.45, 2.75) is 12.3 Å². The topological polar surface area (TPSA) is 43.4 Å². The molecule has 0 unspecified atom stereocenters. The van der Waals surface area contributed by atoms with Crippen LogP contribution in [0.5, 0.6) is 0 Å². The van der Waals surface area contributed by atoms with Crippen molar-refractivity contribution < 1.29 is 14.3 Å². The average molecular weight is 190 g/mol. The second-order valence-corrected chi connectivity index (χ2v) is 3.37. The van der Waals surface area contributed by atoms with Gasteiger partial charge in [-0.2, -0.15) is 0 Å². The molecule has 0 amide bonds. The highest BCUT2D eigenvalue weighted by atomic mass is 16.5. The van der Waals surface area contributed by atoms with E-state index in [1.807, 2.05) is 12.1 Å². The molecule has 1 atom stereocenters. The van der Waals surface area contributed by atoms with Gasteiger partial charge in [-0.05, 0) is 5.56 Å². The number of hydrogen-bond acceptors (Lipinski definition) is 3. The highest BCUT2D eigenvalue weighted by Gasteiger charge is 2.24. The van der Waals surface area contributed by atoms with Crippen molar-refractivity contribution in [1.82, 2.24) is 0 Å². The van der Waals surface area contributed by atoms with E-state index in [0.717, 1.165) is 11.8 Å². The van der Waals surface area contributed by atoms with Gasteiger partial charge >= 0.3 is 5.97 Å². The second kappa shape index (κ2) is 3.62. The molecule has 3 nitrogen and oxygen atoms in total. The Hall–Kier alpha value is -1.64. The Balaban J connectivity index is 2.16. The minimum Gasteiger partial charge on any atom is -0.465 e. The van der Waals surface area contributed by atoms with Crippen LogP contribution in [0.25, 0.3) is 0 Å². The molecule has 0 aromatic heterocycles. The van der Waals surface area contributed by atoms with Gasteiger partial charge in [0.1, 0.15) is 6.29 Å². The summed E-state index contributed by atoms with van der Waals surface area (Å²) >= 11 is 0. The van der Waals surface area contributed by atoms with Gasteiger partial charge in [0.2, 0.25) is 0 Å². The van der Waals surface area contributed by atoms with Crippen molar-refractivity contribution in [2.75, 3.05) is 6.61 Å². The predicted octanol–water partition coefficient (Wildman–Crippen LogP) is 1.53. The maximum atomic E-state index is 10.9. The number of carbonyl (C=O) groups excluding carboxylic acids is 2. The highest BCUT2D eigenvalue weighted by Crippen LogP contribution is 2.25. The molecule has 1 heterocycles. The summed E-state index contributed by atoms with van der Waals surface area (Å²) in [6.45, 7) is 0.458. The Morgan fingerprint density at radius 2 is 2.00 bits per heavy atom. The fraction of sp³-hybridized carbons (Fsp3) is 0.273. The Bertz CT molecular complexity index is 353. The Morgan fingerprint density at radius 1 is 1.29 bits per heavy atom. The number of benzene rings is 1. The molecule has 0 saturated carbocycles. The molecule has 1 aromatic rings. The lowest BCUT2D eigenvalue weighted by Gasteiger charge is -2.05. The maximum absolute atomic E-state index is 10.9.